The molecule has 0 saturated carbocycles. The zero-order valence-corrected chi connectivity index (χ0v) is 11.1. The molecule has 1 saturated heterocycles. The molecule has 1 aliphatic heterocycles. The molecule has 1 aromatic rings. The SMILES string of the molecule is CN1CC(Oc2cccc(C(N)CCC(=O)O)c2)C1. The second-order valence-corrected chi connectivity index (χ2v) is 5.07. The summed E-state index contributed by atoms with van der Waals surface area (Å²) in [6.45, 7) is 1.88. The van der Waals surface area contributed by atoms with Gasteiger partial charge in [0.1, 0.15) is 11.9 Å². The zero-order valence-electron chi connectivity index (χ0n) is 11.1. The largest absolute Gasteiger partial charge is 0.488 e. The monoisotopic (exact) mass is 264 g/mol. The standard InChI is InChI=1S/C14H20N2O3/c1-16-8-12(9-16)19-11-4-2-3-10(7-11)13(15)5-6-14(17)18/h2-4,7,12-13H,5-6,8-9,15H2,1H3,(H,17,18). The van der Waals surface area contributed by atoms with Crippen LogP contribution in [0.2, 0.25) is 0 Å². The van der Waals surface area contributed by atoms with Gasteiger partial charge in [0.25, 0.3) is 0 Å². The number of rotatable bonds is 6. The number of hydrogen-bond donors (Lipinski definition) is 2. The zero-order chi connectivity index (χ0) is 13.8. The van der Waals surface area contributed by atoms with Crippen LogP contribution in [-0.2, 0) is 4.79 Å². The van der Waals surface area contributed by atoms with E-state index in [0.717, 1.165) is 24.4 Å². The topological polar surface area (TPSA) is 75.8 Å². The Morgan fingerprint density at radius 3 is 2.95 bits per heavy atom. The Morgan fingerprint density at radius 1 is 1.58 bits per heavy atom. The van der Waals surface area contributed by atoms with Gasteiger partial charge in [0.2, 0.25) is 0 Å². The molecule has 1 fully saturated rings. The van der Waals surface area contributed by atoms with Gasteiger partial charge in [0.05, 0.1) is 0 Å². The molecule has 1 unspecified atom stereocenters. The first-order chi connectivity index (χ1) is 9.04. The van der Waals surface area contributed by atoms with Crippen molar-refractivity contribution < 1.29 is 14.6 Å². The summed E-state index contributed by atoms with van der Waals surface area (Å²) in [4.78, 5) is 12.7. The van der Waals surface area contributed by atoms with Crippen molar-refractivity contribution in [2.45, 2.75) is 25.0 Å². The van der Waals surface area contributed by atoms with Crippen molar-refractivity contribution >= 4 is 5.97 Å². The molecule has 0 bridgehead atoms. The molecular formula is C14H20N2O3. The maximum absolute atomic E-state index is 10.5. The normalized spacial score (nSPS) is 17.8. The molecule has 104 valence electrons. The number of carboxylic acid groups (broad SMARTS) is 1. The van der Waals surface area contributed by atoms with Crippen LogP contribution in [0.3, 0.4) is 0 Å². The minimum atomic E-state index is -0.819. The Hall–Kier alpha value is -1.59. The third-order valence-electron chi connectivity index (χ3n) is 3.29. The maximum Gasteiger partial charge on any atom is 0.303 e. The Morgan fingerprint density at radius 2 is 2.32 bits per heavy atom. The lowest BCUT2D eigenvalue weighted by Crippen LogP contribution is -2.51. The number of ether oxygens (including phenoxy) is 1. The maximum atomic E-state index is 10.5. The molecule has 0 radical (unpaired) electrons. The van der Waals surface area contributed by atoms with Crippen LogP contribution < -0.4 is 10.5 Å². The van der Waals surface area contributed by atoms with E-state index < -0.39 is 5.97 Å². The predicted molar refractivity (Wildman–Crippen MR) is 72.2 cm³/mol. The molecule has 5 heteroatoms. The first kappa shape index (κ1) is 13.8. The Kier molecular flexibility index (Phi) is 4.39. The second-order valence-electron chi connectivity index (χ2n) is 5.07. The average molecular weight is 264 g/mol. The summed E-state index contributed by atoms with van der Waals surface area (Å²) in [6.07, 6.45) is 0.764. The van der Waals surface area contributed by atoms with E-state index >= 15 is 0 Å². The second kappa shape index (κ2) is 6.04. The van der Waals surface area contributed by atoms with E-state index in [1.165, 1.54) is 0 Å². The molecule has 19 heavy (non-hydrogen) atoms. The van der Waals surface area contributed by atoms with Crippen LogP contribution in [0.1, 0.15) is 24.4 Å². The molecule has 0 spiro atoms. The van der Waals surface area contributed by atoms with Gasteiger partial charge in [-0.3, -0.25) is 9.69 Å². The van der Waals surface area contributed by atoms with Crippen molar-refractivity contribution in [3.8, 4) is 5.75 Å². The molecule has 0 aromatic heterocycles. The number of likely N-dealkylation sites (N-methyl/N-ethyl adjacent to an activating group) is 1. The number of carboxylic acids is 1. The number of aliphatic carboxylic acids is 1. The highest BCUT2D eigenvalue weighted by Gasteiger charge is 2.24. The van der Waals surface area contributed by atoms with E-state index in [9.17, 15) is 4.79 Å². The highest BCUT2D eigenvalue weighted by atomic mass is 16.5. The van der Waals surface area contributed by atoms with E-state index in [0.29, 0.717) is 6.42 Å². The number of nitrogens with two attached hydrogens (primary N) is 1. The van der Waals surface area contributed by atoms with Gasteiger partial charge in [-0.25, -0.2) is 0 Å². The minimum Gasteiger partial charge on any atom is -0.488 e. The summed E-state index contributed by atoms with van der Waals surface area (Å²) in [7, 11) is 2.05. The Bertz CT molecular complexity index is 444. The fourth-order valence-corrected chi connectivity index (χ4v) is 2.17. The van der Waals surface area contributed by atoms with Crippen LogP contribution in [0.5, 0.6) is 5.75 Å². The quantitative estimate of drug-likeness (QED) is 0.808. The first-order valence-corrected chi connectivity index (χ1v) is 6.47. The molecule has 1 aromatic carbocycles. The summed E-state index contributed by atoms with van der Waals surface area (Å²) < 4.78 is 5.82. The van der Waals surface area contributed by atoms with Crippen molar-refractivity contribution in [2.24, 2.45) is 5.73 Å². The molecule has 3 N–H and O–H groups in total. The van der Waals surface area contributed by atoms with E-state index in [1.54, 1.807) is 0 Å². The summed E-state index contributed by atoms with van der Waals surface area (Å²) in [5.41, 5.74) is 6.91. The molecule has 1 aliphatic rings. The van der Waals surface area contributed by atoms with Crippen LogP contribution >= 0.6 is 0 Å². The van der Waals surface area contributed by atoms with Gasteiger partial charge in [-0.2, -0.15) is 0 Å². The number of nitrogens with zero attached hydrogens (tertiary/aromatic N) is 1. The first-order valence-electron chi connectivity index (χ1n) is 6.47. The summed E-state index contributed by atoms with van der Waals surface area (Å²) in [5.74, 6) is -0.0123. The van der Waals surface area contributed by atoms with E-state index in [2.05, 4.69) is 11.9 Å². The van der Waals surface area contributed by atoms with Crippen molar-refractivity contribution in [1.82, 2.24) is 4.90 Å². The molecule has 1 heterocycles. The van der Waals surface area contributed by atoms with Gasteiger partial charge in [0, 0.05) is 25.6 Å². The number of hydrogen-bond acceptors (Lipinski definition) is 4. The fourth-order valence-electron chi connectivity index (χ4n) is 2.17. The Labute approximate surface area is 113 Å². The highest BCUT2D eigenvalue weighted by molar-refractivity contribution is 5.66. The van der Waals surface area contributed by atoms with Gasteiger partial charge in [0.15, 0.2) is 0 Å². The third-order valence-corrected chi connectivity index (χ3v) is 3.29. The smallest absolute Gasteiger partial charge is 0.303 e. The fraction of sp³-hybridized carbons (Fsp3) is 0.500. The third kappa shape index (κ3) is 3.94. The minimum absolute atomic E-state index is 0.0830. The number of benzene rings is 1. The van der Waals surface area contributed by atoms with Gasteiger partial charge in [-0.05, 0) is 31.2 Å². The molecule has 2 rings (SSSR count). The summed E-state index contributed by atoms with van der Waals surface area (Å²) >= 11 is 0. The van der Waals surface area contributed by atoms with Crippen molar-refractivity contribution in [3.63, 3.8) is 0 Å². The van der Waals surface area contributed by atoms with Crippen LogP contribution in [0.25, 0.3) is 0 Å². The molecular weight excluding hydrogens is 244 g/mol. The van der Waals surface area contributed by atoms with Gasteiger partial charge < -0.3 is 15.6 Å². The lowest BCUT2D eigenvalue weighted by atomic mass is 10.0. The van der Waals surface area contributed by atoms with Gasteiger partial charge >= 0.3 is 5.97 Å². The summed E-state index contributed by atoms with van der Waals surface area (Å²) in [5, 5.41) is 8.66. The predicted octanol–water partition coefficient (Wildman–Crippen LogP) is 1.24. The van der Waals surface area contributed by atoms with Gasteiger partial charge in [-0.15, -0.1) is 0 Å². The number of carbonyl (C=O) groups is 1. The molecule has 1 atom stereocenters. The number of likely N-dealkylation sites (tertiary alicyclic amines) is 1. The van der Waals surface area contributed by atoms with E-state index in [1.807, 2.05) is 24.3 Å². The lowest BCUT2D eigenvalue weighted by Gasteiger charge is -2.36. The van der Waals surface area contributed by atoms with Crippen LogP contribution in [0.15, 0.2) is 24.3 Å². The van der Waals surface area contributed by atoms with Gasteiger partial charge in [-0.1, -0.05) is 12.1 Å². The molecule has 0 aliphatic carbocycles. The highest BCUT2D eigenvalue weighted by Crippen LogP contribution is 2.23. The molecule has 5 nitrogen and oxygen atoms in total. The van der Waals surface area contributed by atoms with Crippen molar-refractivity contribution in [3.05, 3.63) is 29.8 Å². The molecule has 0 amide bonds. The van der Waals surface area contributed by atoms with Crippen LogP contribution in [0, 0.1) is 0 Å². The lowest BCUT2D eigenvalue weighted by molar-refractivity contribution is -0.137. The van der Waals surface area contributed by atoms with E-state index in [-0.39, 0.29) is 18.6 Å². The van der Waals surface area contributed by atoms with E-state index in [4.69, 9.17) is 15.6 Å². The van der Waals surface area contributed by atoms with Crippen molar-refractivity contribution in [2.75, 3.05) is 20.1 Å². The van der Waals surface area contributed by atoms with Crippen LogP contribution in [0.4, 0.5) is 0 Å². The van der Waals surface area contributed by atoms with Crippen LogP contribution in [-0.4, -0.2) is 42.2 Å². The summed E-state index contributed by atoms with van der Waals surface area (Å²) in [6, 6.07) is 7.36. The average Bonchev–Trinajstić information content (AvgIpc) is 2.34. The van der Waals surface area contributed by atoms with Crippen molar-refractivity contribution in [1.29, 1.82) is 0 Å². The Balaban J connectivity index is 1.92.